The van der Waals surface area contributed by atoms with E-state index < -0.39 is 7.12 Å². The molecule has 0 aliphatic carbocycles. The molecule has 0 atom stereocenters. The largest absolute Gasteiger partial charge is 0.488 e. The molecule has 2 nitrogen and oxygen atoms in total. The van der Waals surface area contributed by atoms with Crippen LogP contribution in [0.1, 0.15) is 0 Å². The van der Waals surface area contributed by atoms with Crippen molar-refractivity contribution in [3.63, 3.8) is 0 Å². The molecule has 0 radical (unpaired) electrons. The molecule has 0 aromatic heterocycles. The first kappa shape index (κ1) is 21.0. The van der Waals surface area contributed by atoms with E-state index in [1.807, 2.05) is 30.3 Å². The number of hydrogen-bond donors (Lipinski definition) is 2. The molecule has 5 aromatic carbocycles. The predicted octanol–water partition coefficient (Wildman–Crippen LogP) is 6.03. The molecule has 5 rings (SSSR count). The van der Waals surface area contributed by atoms with Gasteiger partial charge in [-0.15, -0.1) is 0 Å². The third-order valence-corrected chi connectivity index (χ3v) is 5.93. The monoisotopic (exact) mass is 426 g/mol. The maximum atomic E-state index is 9.53. The van der Waals surface area contributed by atoms with Crippen LogP contribution in [0.15, 0.2) is 127 Å². The van der Waals surface area contributed by atoms with E-state index in [1.54, 1.807) is 12.1 Å². The zero-order valence-electron chi connectivity index (χ0n) is 18.1. The molecule has 0 fully saturated rings. The minimum atomic E-state index is -1.48. The Morgan fingerprint density at radius 1 is 0.364 bits per heavy atom. The highest BCUT2D eigenvalue weighted by molar-refractivity contribution is 6.58. The van der Waals surface area contributed by atoms with Gasteiger partial charge in [0.25, 0.3) is 0 Å². The van der Waals surface area contributed by atoms with Gasteiger partial charge >= 0.3 is 7.12 Å². The summed E-state index contributed by atoms with van der Waals surface area (Å²) in [5, 5.41) is 19.1. The van der Waals surface area contributed by atoms with E-state index in [1.165, 1.54) is 16.7 Å². The summed E-state index contributed by atoms with van der Waals surface area (Å²) in [4.78, 5) is 0. The molecule has 3 heteroatoms. The third kappa shape index (κ3) is 4.25. The van der Waals surface area contributed by atoms with Crippen molar-refractivity contribution in [2.24, 2.45) is 0 Å². The summed E-state index contributed by atoms with van der Waals surface area (Å²) >= 11 is 0. The lowest BCUT2D eigenvalue weighted by molar-refractivity contribution is 0.426. The first-order chi connectivity index (χ1) is 16.2. The molecule has 0 unspecified atom stereocenters. The van der Waals surface area contributed by atoms with Gasteiger partial charge in [-0.2, -0.15) is 0 Å². The van der Waals surface area contributed by atoms with Gasteiger partial charge in [-0.3, -0.25) is 0 Å². The van der Waals surface area contributed by atoms with E-state index in [0.29, 0.717) is 5.46 Å². The molecule has 0 saturated heterocycles. The van der Waals surface area contributed by atoms with Crippen LogP contribution < -0.4 is 5.46 Å². The Hall–Kier alpha value is -3.92. The van der Waals surface area contributed by atoms with Gasteiger partial charge in [0, 0.05) is 0 Å². The van der Waals surface area contributed by atoms with Crippen LogP contribution in [0.25, 0.3) is 44.5 Å². The molecule has 0 aliphatic rings. The lowest BCUT2D eigenvalue weighted by atomic mass is 9.78. The summed E-state index contributed by atoms with van der Waals surface area (Å²) in [6.45, 7) is 0. The summed E-state index contributed by atoms with van der Waals surface area (Å²) in [5.74, 6) is 0. The second-order valence-corrected chi connectivity index (χ2v) is 8.00. The van der Waals surface area contributed by atoms with Crippen molar-refractivity contribution in [2.75, 3.05) is 0 Å². The van der Waals surface area contributed by atoms with Crippen molar-refractivity contribution < 1.29 is 10.0 Å². The topological polar surface area (TPSA) is 40.5 Å². The fourth-order valence-electron chi connectivity index (χ4n) is 4.35. The average molecular weight is 426 g/mol. The zero-order chi connectivity index (χ0) is 22.6. The summed E-state index contributed by atoms with van der Waals surface area (Å²) in [5.41, 5.74) is 9.55. The highest BCUT2D eigenvalue weighted by Gasteiger charge is 2.19. The molecule has 158 valence electrons. The van der Waals surface area contributed by atoms with Crippen LogP contribution in [0.4, 0.5) is 0 Å². The number of benzene rings is 5. The number of hydrogen-bond acceptors (Lipinski definition) is 2. The lowest BCUT2D eigenvalue weighted by Gasteiger charge is -2.21. The van der Waals surface area contributed by atoms with Crippen LogP contribution in [0, 0.1) is 0 Å². The third-order valence-electron chi connectivity index (χ3n) is 5.93. The Morgan fingerprint density at radius 3 is 1.12 bits per heavy atom. The second kappa shape index (κ2) is 9.29. The van der Waals surface area contributed by atoms with Gasteiger partial charge < -0.3 is 10.0 Å². The Bertz CT molecular complexity index is 1350. The van der Waals surface area contributed by atoms with E-state index >= 15 is 0 Å². The van der Waals surface area contributed by atoms with E-state index in [0.717, 1.165) is 27.8 Å². The highest BCUT2D eigenvalue weighted by Crippen LogP contribution is 2.45. The van der Waals surface area contributed by atoms with Gasteiger partial charge in [0.2, 0.25) is 0 Å². The van der Waals surface area contributed by atoms with Gasteiger partial charge in [0.05, 0.1) is 0 Å². The Kier molecular flexibility index (Phi) is 5.90. The van der Waals surface area contributed by atoms with Crippen LogP contribution in [0.3, 0.4) is 0 Å². The maximum Gasteiger partial charge on any atom is 0.488 e. The van der Waals surface area contributed by atoms with Crippen molar-refractivity contribution in [3.05, 3.63) is 127 Å². The van der Waals surface area contributed by atoms with Gasteiger partial charge in [-0.1, -0.05) is 127 Å². The van der Waals surface area contributed by atoms with E-state index in [-0.39, 0.29) is 0 Å². The second-order valence-electron chi connectivity index (χ2n) is 8.00. The van der Waals surface area contributed by atoms with Crippen molar-refractivity contribution >= 4 is 12.6 Å². The van der Waals surface area contributed by atoms with Crippen molar-refractivity contribution in [3.8, 4) is 44.5 Å². The molecule has 0 amide bonds. The summed E-state index contributed by atoms with van der Waals surface area (Å²) in [7, 11) is -1.48. The summed E-state index contributed by atoms with van der Waals surface area (Å²) < 4.78 is 0. The SMILES string of the molecule is OB(O)c1ccc(-c2ccc(-c3ccccc3)c(-c3ccccc3)c2-c2ccccc2)cc1. The van der Waals surface area contributed by atoms with Gasteiger partial charge in [0.15, 0.2) is 0 Å². The molecule has 0 saturated carbocycles. The van der Waals surface area contributed by atoms with E-state index in [4.69, 9.17) is 0 Å². The zero-order valence-corrected chi connectivity index (χ0v) is 18.1. The molecular formula is C30H23BO2. The van der Waals surface area contributed by atoms with E-state index in [9.17, 15) is 10.0 Å². The molecule has 0 spiro atoms. The minimum absolute atomic E-state index is 0.476. The van der Waals surface area contributed by atoms with Gasteiger partial charge in [0.1, 0.15) is 0 Å². The van der Waals surface area contributed by atoms with Gasteiger partial charge in [-0.05, 0) is 50.0 Å². The fraction of sp³-hybridized carbons (Fsp3) is 0. The standard InChI is InChI=1S/C30H23BO2/c32-31(33)26-18-16-23(17-19-26)28-21-20-27(22-10-4-1-5-11-22)29(24-12-6-2-7-13-24)30(28)25-14-8-3-9-15-25/h1-21,32-33H. The van der Waals surface area contributed by atoms with Crippen LogP contribution in [0.2, 0.25) is 0 Å². The Morgan fingerprint density at radius 2 is 0.727 bits per heavy atom. The molecule has 0 bridgehead atoms. The predicted molar refractivity (Wildman–Crippen MR) is 138 cm³/mol. The Balaban J connectivity index is 1.84. The lowest BCUT2D eigenvalue weighted by Crippen LogP contribution is -2.29. The fourth-order valence-corrected chi connectivity index (χ4v) is 4.35. The van der Waals surface area contributed by atoms with Crippen LogP contribution >= 0.6 is 0 Å². The smallest absolute Gasteiger partial charge is 0.423 e. The Labute approximate surface area is 194 Å². The summed E-state index contributed by atoms with van der Waals surface area (Å²) in [6, 6.07) is 43.2. The van der Waals surface area contributed by atoms with E-state index in [2.05, 4.69) is 84.9 Å². The van der Waals surface area contributed by atoms with Crippen LogP contribution in [-0.2, 0) is 0 Å². The molecule has 0 aliphatic heterocycles. The van der Waals surface area contributed by atoms with Crippen molar-refractivity contribution in [1.29, 1.82) is 0 Å². The molecular weight excluding hydrogens is 403 g/mol. The first-order valence-corrected chi connectivity index (χ1v) is 11.0. The molecule has 0 heterocycles. The van der Waals surface area contributed by atoms with Crippen molar-refractivity contribution in [1.82, 2.24) is 0 Å². The molecule has 33 heavy (non-hydrogen) atoms. The minimum Gasteiger partial charge on any atom is -0.423 e. The number of rotatable bonds is 5. The van der Waals surface area contributed by atoms with Gasteiger partial charge in [-0.25, -0.2) is 0 Å². The first-order valence-electron chi connectivity index (χ1n) is 11.0. The van der Waals surface area contributed by atoms with Crippen LogP contribution in [0.5, 0.6) is 0 Å². The molecule has 2 N–H and O–H groups in total. The molecule has 5 aromatic rings. The maximum absolute atomic E-state index is 9.53. The highest BCUT2D eigenvalue weighted by atomic mass is 16.4. The van der Waals surface area contributed by atoms with Crippen LogP contribution in [-0.4, -0.2) is 17.2 Å². The summed E-state index contributed by atoms with van der Waals surface area (Å²) in [6.07, 6.45) is 0. The normalized spacial score (nSPS) is 10.7. The van der Waals surface area contributed by atoms with Crippen molar-refractivity contribution in [2.45, 2.75) is 0 Å². The average Bonchev–Trinajstić information content (AvgIpc) is 2.89. The quantitative estimate of drug-likeness (QED) is 0.337.